The smallest absolute Gasteiger partial charge is 0.183 e. The molecule has 3 rings (SSSR count). The first-order valence-corrected chi connectivity index (χ1v) is 8.26. The minimum absolute atomic E-state index is 0.556. The van der Waals surface area contributed by atoms with Gasteiger partial charge in [0.2, 0.25) is 0 Å². The molecule has 1 aromatic heterocycles. The summed E-state index contributed by atoms with van der Waals surface area (Å²) < 4.78 is 5.94. The number of thiazole rings is 1. The number of ether oxygens (including phenoxy) is 1. The Balaban J connectivity index is 1.71. The Hall–Kier alpha value is -1.01. The molecule has 0 saturated carbocycles. The molecule has 0 bridgehead atoms. The predicted molar refractivity (Wildman–Crippen MR) is 88.9 cm³/mol. The Morgan fingerprint density at radius 3 is 2.81 bits per heavy atom. The van der Waals surface area contributed by atoms with Gasteiger partial charge in [0.25, 0.3) is 0 Å². The van der Waals surface area contributed by atoms with Crippen LogP contribution < -0.4 is 10.2 Å². The summed E-state index contributed by atoms with van der Waals surface area (Å²) in [6, 6.07) is 6.05. The van der Waals surface area contributed by atoms with Gasteiger partial charge in [0.1, 0.15) is 0 Å². The lowest BCUT2D eigenvalue weighted by Crippen LogP contribution is -2.36. The van der Waals surface area contributed by atoms with Crippen LogP contribution in [-0.4, -0.2) is 31.3 Å². The van der Waals surface area contributed by atoms with E-state index >= 15 is 0 Å². The fraction of sp³-hybridized carbons (Fsp3) is 0.357. The van der Waals surface area contributed by atoms with Gasteiger partial charge in [-0.1, -0.05) is 23.2 Å². The Bertz CT molecular complexity index is 614. The number of nitrogens with zero attached hydrogens (tertiary/aromatic N) is 2. The van der Waals surface area contributed by atoms with Crippen molar-refractivity contribution >= 4 is 45.9 Å². The number of anilines is 2. The van der Waals surface area contributed by atoms with Gasteiger partial charge in [-0.3, -0.25) is 0 Å². The quantitative estimate of drug-likeness (QED) is 0.913. The molecule has 1 aliphatic heterocycles. The standard InChI is InChI=1S/C14H15Cl2N3OS/c15-12-2-1-10(19-3-5-20-6-4-19)7-13(12)17-8-11-9-18-14(16)21-11/h1-2,7,9,17H,3-6,8H2. The monoisotopic (exact) mass is 343 g/mol. The first-order chi connectivity index (χ1) is 10.2. The average Bonchev–Trinajstić information content (AvgIpc) is 2.93. The third-order valence-corrected chi connectivity index (χ3v) is 4.75. The van der Waals surface area contributed by atoms with Crippen molar-refractivity contribution in [2.24, 2.45) is 0 Å². The SMILES string of the molecule is Clc1ncc(CNc2cc(N3CCOCC3)ccc2Cl)s1. The van der Waals surface area contributed by atoms with Gasteiger partial charge in [-0.05, 0) is 18.2 Å². The molecule has 0 unspecified atom stereocenters. The van der Waals surface area contributed by atoms with E-state index in [1.54, 1.807) is 6.20 Å². The Kier molecular flexibility index (Phi) is 4.85. The van der Waals surface area contributed by atoms with Crippen molar-refractivity contribution in [3.63, 3.8) is 0 Å². The van der Waals surface area contributed by atoms with Crippen molar-refractivity contribution in [1.82, 2.24) is 4.98 Å². The largest absolute Gasteiger partial charge is 0.379 e. The molecule has 1 aromatic carbocycles. The van der Waals surface area contributed by atoms with E-state index in [1.165, 1.54) is 11.3 Å². The van der Waals surface area contributed by atoms with Crippen LogP contribution in [0.15, 0.2) is 24.4 Å². The van der Waals surface area contributed by atoms with E-state index < -0.39 is 0 Å². The van der Waals surface area contributed by atoms with Gasteiger partial charge in [0.15, 0.2) is 4.47 Å². The van der Waals surface area contributed by atoms with Crippen LogP contribution in [0.3, 0.4) is 0 Å². The molecule has 7 heteroatoms. The van der Waals surface area contributed by atoms with Crippen LogP contribution in [-0.2, 0) is 11.3 Å². The van der Waals surface area contributed by atoms with Gasteiger partial charge >= 0.3 is 0 Å². The van der Waals surface area contributed by atoms with Crippen molar-refractivity contribution in [3.8, 4) is 0 Å². The van der Waals surface area contributed by atoms with E-state index in [2.05, 4.69) is 21.3 Å². The van der Waals surface area contributed by atoms with Crippen molar-refractivity contribution in [3.05, 3.63) is 38.8 Å². The molecule has 2 heterocycles. The molecule has 1 aliphatic rings. The van der Waals surface area contributed by atoms with Crippen molar-refractivity contribution in [2.45, 2.75) is 6.54 Å². The second-order valence-corrected chi connectivity index (χ2v) is 6.80. The number of hydrogen-bond acceptors (Lipinski definition) is 5. The van der Waals surface area contributed by atoms with Crippen molar-refractivity contribution < 1.29 is 4.74 Å². The molecular formula is C14H15Cl2N3OS. The predicted octanol–water partition coefficient (Wildman–Crippen LogP) is 3.90. The maximum atomic E-state index is 6.26. The van der Waals surface area contributed by atoms with Gasteiger partial charge < -0.3 is 15.0 Å². The number of aromatic nitrogens is 1. The zero-order chi connectivity index (χ0) is 14.7. The first kappa shape index (κ1) is 14.9. The number of nitrogens with one attached hydrogen (secondary N) is 1. The van der Waals surface area contributed by atoms with Crippen LogP contribution in [0.1, 0.15) is 4.88 Å². The number of benzene rings is 1. The molecule has 0 spiro atoms. The summed E-state index contributed by atoms with van der Waals surface area (Å²) in [6.07, 6.45) is 1.78. The number of halogens is 2. The summed E-state index contributed by atoms with van der Waals surface area (Å²) in [5.74, 6) is 0. The summed E-state index contributed by atoms with van der Waals surface area (Å²) in [5.41, 5.74) is 2.08. The second-order valence-electron chi connectivity index (χ2n) is 4.70. The zero-order valence-corrected chi connectivity index (χ0v) is 13.6. The minimum Gasteiger partial charge on any atom is -0.379 e. The van der Waals surface area contributed by atoms with Gasteiger partial charge in [0, 0.05) is 29.9 Å². The minimum atomic E-state index is 0.556. The lowest BCUT2D eigenvalue weighted by molar-refractivity contribution is 0.122. The summed E-state index contributed by atoms with van der Waals surface area (Å²) in [5, 5.41) is 4.05. The topological polar surface area (TPSA) is 37.4 Å². The molecule has 4 nitrogen and oxygen atoms in total. The van der Waals surface area contributed by atoms with Crippen molar-refractivity contribution in [1.29, 1.82) is 0 Å². The fourth-order valence-electron chi connectivity index (χ4n) is 2.21. The van der Waals surface area contributed by atoms with Crippen LogP contribution in [0, 0.1) is 0 Å². The molecule has 1 saturated heterocycles. The van der Waals surface area contributed by atoms with E-state index in [-0.39, 0.29) is 0 Å². The van der Waals surface area contributed by atoms with Crippen LogP contribution in [0.4, 0.5) is 11.4 Å². The van der Waals surface area contributed by atoms with E-state index in [4.69, 9.17) is 27.9 Å². The van der Waals surface area contributed by atoms with E-state index in [9.17, 15) is 0 Å². The Labute approximate surface area is 137 Å². The molecular weight excluding hydrogens is 329 g/mol. The van der Waals surface area contributed by atoms with Crippen LogP contribution in [0.25, 0.3) is 0 Å². The zero-order valence-electron chi connectivity index (χ0n) is 11.3. The molecule has 0 atom stereocenters. The van der Waals surface area contributed by atoms with Gasteiger partial charge in [-0.25, -0.2) is 4.98 Å². The second kappa shape index (κ2) is 6.83. The highest BCUT2D eigenvalue weighted by molar-refractivity contribution is 7.15. The van der Waals surface area contributed by atoms with Gasteiger partial charge in [-0.15, -0.1) is 11.3 Å². The van der Waals surface area contributed by atoms with E-state index in [1.807, 2.05) is 12.1 Å². The lowest BCUT2D eigenvalue weighted by atomic mass is 10.2. The molecule has 1 N–H and O–H groups in total. The van der Waals surface area contributed by atoms with Crippen molar-refractivity contribution in [2.75, 3.05) is 36.5 Å². The number of rotatable bonds is 4. The number of hydrogen-bond donors (Lipinski definition) is 1. The maximum Gasteiger partial charge on any atom is 0.183 e. The summed E-state index contributed by atoms with van der Waals surface area (Å²) in [6.45, 7) is 4.02. The highest BCUT2D eigenvalue weighted by Crippen LogP contribution is 2.29. The van der Waals surface area contributed by atoms with E-state index in [0.29, 0.717) is 16.0 Å². The summed E-state index contributed by atoms with van der Waals surface area (Å²) in [4.78, 5) is 7.41. The molecule has 0 aliphatic carbocycles. The molecule has 1 fully saturated rings. The molecule has 0 amide bonds. The highest BCUT2D eigenvalue weighted by atomic mass is 35.5. The molecule has 112 valence electrons. The van der Waals surface area contributed by atoms with Crippen LogP contribution in [0.2, 0.25) is 9.49 Å². The molecule has 2 aromatic rings. The molecule has 0 radical (unpaired) electrons. The average molecular weight is 344 g/mol. The van der Waals surface area contributed by atoms with Gasteiger partial charge in [-0.2, -0.15) is 0 Å². The highest BCUT2D eigenvalue weighted by Gasteiger charge is 2.12. The first-order valence-electron chi connectivity index (χ1n) is 6.69. The Morgan fingerprint density at radius 2 is 2.10 bits per heavy atom. The fourth-order valence-corrected chi connectivity index (χ4v) is 3.32. The van der Waals surface area contributed by atoms with Gasteiger partial charge in [0.05, 0.1) is 30.5 Å². The normalized spacial score (nSPS) is 15.2. The van der Waals surface area contributed by atoms with Crippen LogP contribution >= 0.6 is 34.5 Å². The maximum absolute atomic E-state index is 6.26. The van der Waals surface area contributed by atoms with Crippen LogP contribution in [0.5, 0.6) is 0 Å². The Morgan fingerprint density at radius 1 is 1.29 bits per heavy atom. The molecule has 21 heavy (non-hydrogen) atoms. The summed E-state index contributed by atoms with van der Waals surface area (Å²) in [7, 11) is 0. The third kappa shape index (κ3) is 3.80. The number of morpholine rings is 1. The van der Waals surface area contributed by atoms with E-state index in [0.717, 1.165) is 42.6 Å². The summed E-state index contributed by atoms with van der Waals surface area (Å²) >= 11 is 13.6. The third-order valence-electron chi connectivity index (χ3n) is 3.30. The lowest BCUT2D eigenvalue weighted by Gasteiger charge is -2.29.